The number of hydrogen-bond donors (Lipinski definition) is 1. The quantitative estimate of drug-likeness (QED) is 0.705. The molecule has 4 rings (SSSR count). The fraction of sp³-hybridized carbons (Fsp3) is 0.250. The lowest BCUT2D eigenvalue weighted by Crippen LogP contribution is -2.39. The van der Waals surface area contributed by atoms with E-state index in [1.165, 1.54) is 10.5 Å². The number of nitrogens with zero attached hydrogens (tertiary/aromatic N) is 3. The number of amides is 1. The number of fused-ring (bicyclic) bond motifs is 1. The molecule has 6 nitrogen and oxygen atoms in total. The van der Waals surface area contributed by atoms with Crippen molar-refractivity contribution >= 4 is 40.4 Å². The van der Waals surface area contributed by atoms with Gasteiger partial charge >= 0.3 is 0 Å². The van der Waals surface area contributed by atoms with Crippen LogP contribution in [0.25, 0.3) is 5.65 Å². The Balaban J connectivity index is 1.53. The molecule has 0 bridgehead atoms. The molecule has 1 aromatic carbocycles. The number of halogens is 2. The van der Waals surface area contributed by atoms with Crippen molar-refractivity contribution in [3.8, 4) is 0 Å². The second-order valence-corrected chi connectivity index (χ2v) is 7.60. The summed E-state index contributed by atoms with van der Waals surface area (Å²) in [4.78, 5) is 31.7. The average Bonchev–Trinajstić information content (AvgIpc) is 3.13. The van der Waals surface area contributed by atoms with Crippen molar-refractivity contribution in [1.82, 2.24) is 14.3 Å². The van der Waals surface area contributed by atoms with E-state index in [0.717, 1.165) is 19.4 Å². The fourth-order valence-electron chi connectivity index (χ4n) is 3.51. The topological polar surface area (TPSA) is 66.7 Å². The van der Waals surface area contributed by atoms with E-state index in [-0.39, 0.29) is 17.5 Å². The monoisotopic (exact) mass is 416 g/mol. The van der Waals surface area contributed by atoms with Gasteiger partial charge in [-0.2, -0.15) is 0 Å². The largest absolute Gasteiger partial charge is 0.323 e. The van der Waals surface area contributed by atoms with Gasteiger partial charge in [0.1, 0.15) is 5.65 Å². The molecule has 0 aliphatic carbocycles. The Labute approximate surface area is 171 Å². The number of pyridine rings is 1. The first-order valence-electron chi connectivity index (χ1n) is 8.98. The highest BCUT2D eigenvalue weighted by Crippen LogP contribution is 2.27. The van der Waals surface area contributed by atoms with Gasteiger partial charge in [-0.05, 0) is 49.7 Å². The van der Waals surface area contributed by atoms with Crippen LogP contribution < -0.4 is 10.9 Å². The summed E-state index contributed by atoms with van der Waals surface area (Å²) in [5, 5.41) is 3.81. The Hall–Kier alpha value is -2.41. The van der Waals surface area contributed by atoms with Crippen LogP contribution in [-0.2, 0) is 11.3 Å². The van der Waals surface area contributed by atoms with Gasteiger partial charge in [-0.1, -0.05) is 29.3 Å². The van der Waals surface area contributed by atoms with E-state index in [1.807, 2.05) is 11.0 Å². The van der Waals surface area contributed by atoms with E-state index in [1.54, 1.807) is 36.5 Å². The van der Waals surface area contributed by atoms with Gasteiger partial charge in [-0.25, -0.2) is 4.98 Å². The van der Waals surface area contributed by atoms with Crippen LogP contribution in [0.4, 0.5) is 5.69 Å². The summed E-state index contributed by atoms with van der Waals surface area (Å²) in [6, 6.07) is 11.6. The minimum Gasteiger partial charge on any atom is -0.323 e. The van der Waals surface area contributed by atoms with E-state index >= 15 is 0 Å². The molecule has 1 aliphatic rings. The average molecular weight is 417 g/mol. The molecule has 0 saturated carbocycles. The molecular formula is C20H18Cl2N4O2. The molecule has 1 fully saturated rings. The van der Waals surface area contributed by atoms with Crippen LogP contribution in [0, 0.1) is 0 Å². The van der Waals surface area contributed by atoms with Gasteiger partial charge in [-0.3, -0.25) is 18.9 Å². The van der Waals surface area contributed by atoms with E-state index < -0.39 is 0 Å². The van der Waals surface area contributed by atoms with Gasteiger partial charge in [0.15, 0.2) is 0 Å². The number of carbonyl (C=O) groups excluding carboxylic acids is 1. The zero-order chi connectivity index (χ0) is 19.7. The second kappa shape index (κ2) is 7.91. The highest BCUT2D eigenvalue weighted by Gasteiger charge is 2.31. The van der Waals surface area contributed by atoms with Crippen LogP contribution in [0.1, 0.15) is 18.5 Å². The lowest BCUT2D eigenvalue weighted by molar-refractivity contribution is -0.120. The molecule has 1 saturated heterocycles. The summed E-state index contributed by atoms with van der Waals surface area (Å²) in [7, 11) is 0. The van der Waals surface area contributed by atoms with Crippen molar-refractivity contribution in [3.05, 3.63) is 74.8 Å². The third-order valence-electron chi connectivity index (χ3n) is 4.84. The molecule has 28 heavy (non-hydrogen) atoms. The minimum atomic E-state index is -0.314. The molecule has 0 spiro atoms. The summed E-state index contributed by atoms with van der Waals surface area (Å²) in [6.45, 7) is 1.19. The summed E-state index contributed by atoms with van der Waals surface area (Å²) >= 11 is 12.2. The number of likely N-dealkylation sites (tertiary alicyclic amines) is 1. The summed E-state index contributed by atoms with van der Waals surface area (Å²) in [5.74, 6) is -0.140. The molecule has 3 heterocycles. The smallest absolute Gasteiger partial charge is 0.258 e. The van der Waals surface area contributed by atoms with Crippen molar-refractivity contribution in [2.75, 3.05) is 11.9 Å². The van der Waals surface area contributed by atoms with Crippen LogP contribution in [0.2, 0.25) is 10.0 Å². The van der Waals surface area contributed by atoms with Crippen LogP contribution in [0.3, 0.4) is 0 Å². The van der Waals surface area contributed by atoms with E-state index in [9.17, 15) is 9.59 Å². The van der Waals surface area contributed by atoms with Crippen molar-refractivity contribution in [1.29, 1.82) is 0 Å². The van der Waals surface area contributed by atoms with Crippen LogP contribution in [-0.4, -0.2) is 32.8 Å². The lowest BCUT2D eigenvalue weighted by Gasteiger charge is -2.23. The Morgan fingerprint density at radius 2 is 2.07 bits per heavy atom. The SMILES string of the molecule is O=C(Nc1cc(Cl)ccc1Cl)[C@H]1CCCN1Cc1cc(=O)n2ccccc2n1. The van der Waals surface area contributed by atoms with Crippen molar-refractivity contribution in [3.63, 3.8) is 0 Å². The molecule has 2 aromatic heterocycles. The Kier molecular flexibility index (Phi) is 5.35. The highest BCUT2D eigenvalue weighted by atomic mass is 35.5. The van der Waals surface area contributed by atoms with Crippen molar-refractivity contribution in [2.24, 2.45) is 0 Å². The third kappa shape index (κ3) is 3.90. The minimum absolute atomic E-state index is 0.133. The number of carbonyl (C=O) groups is 1. The summed E-state index contributed by atoms with van der Waals surface area (Å²) in [6.07, 6.45) is 3.32. The van der Waals surface area contributed by atoms with Gasteiger partial charge in [0.2, 0.25) is 5.91 Å². The maximum atomic E-state index is 12.8. The number of anilines is 1. The molecule has 1 aliphatic heterocycles. The molecule has 8 heteroatoms. The zero-order valence-electron chi connectivity index (χ0n) is 14.9. The number of aromatic nitrogens is 2. The molecular weight excluding hydrogens is 399 g/mol. The van der Waals surface area contributed by atoms with Crippen molar-refractivity contribution in [2.45, 2.75) is 25.4 Å². The van der Waals surface area contributed by atoms with Crippen LogP contribution in [0.5, 0.6) is 0 Å². The van der Waals surface area contributed by atoms with E-state index in [2.05, 4.69) is 10.3 Å². The predicted octanol–water partition coefficient (Wildman–Crippen LogP) is 3.60. The van der Waals surface area contributed by atoms with Gasteiger partial charge in [0, 0.05) is 23.8 Å². The van der Waals surface area contributed by atoms with Gasteiger partial charge < -0.3 is 5.32 Å². The molecule has 0 unspecified atom stereocenters. The first-order valence-corrected chi connectivity index (χ1v) is 9.74. The third-order valence-corrected chi connectivity index (χ3v) is 5.41. The molecule has 1 atom stereocenters. The molecule has 0 radical (unpaired) electrons. The fourth-order valence-corrected chi connectivity index (χ4v) is 3.85. The Morgan fingerprint density at radius 1 is 1.21 bits per heavy atom. The van der Waals surface area contributed by atoms with Crippen LogP contribution in [0.15, 0.2) is 53.5 Å². The Morgan fingerprint density at radius 3 is 2.93 bits per heavy atom. The number of nitrogens with one attached hydrogen (secondary N) is 1. The molecule has 144 valence electrons. The standard InChI is InChI=1S/C20H18Cl2N4O2/c21-13-6-7-15(22)16(10-13)24-20(28)17-4-3-8-25(17)12-14-11-19(27)26-9-2-1-5-18(26)23-14/h1-2,5-7,9-11,17H,3-4,8,12H2,(H,24,28)/t17-/m1/s1. The zero-order valence-corrected chi connectivity index (χ0v) is 16.5. The first kappa shape index (κ1) is 18.9. The highest BCUT2D eigenvalue weighted by molar-refractivity contribution is 6.35. The number of hydrogen-bond acceptors (Lipinski definition) is 4. The summed E-state index contributed by atoms with van der Waals surface area (Å²) < 4.78 is 1.50. The van der Waals surface area contributed by atoms with Crippen LogP contribution >= 0.6 is 23.2 Å². The van der Waals surface area contributed by atoms with Gasteiger partial charge in [0.05, 0.1) is 22.4 Å². The normalized spacial score (nSPS) is 17.1. The lowest BCUT2D eigenvalue weighted by atomic mass is 10.2. The number of benzene rings is 1. The first-order chi connectivity index (χ1) is 13.5. The maximum absolute atomic E-state index is 12.8. The van der Waals surface area contributed by atoms with Crippen molar-refractivity contribution < 1.29 is 4.79 Å². The molecule has 3 aromatic rings. The Bertz CT molecular complexity index is 1100. The predicted molar refractivity (Wildman–Crippen MR) is 110 cm³/mol. The van der Waals surface area contributed by atoms with Gasteiger partial charge in [0.25, 0.3) is 5.56 Å². The van der Waals surface area contributed by atoms with Gasteiger partial charge in [-0.15, -0.1) is 0 Å². The van der Waals surface area contributed by atoms with E-state index in [0.29, 0.717) is 33.6 Å². The second-order valence-electron chi connectivity index (χ2n) is 6.76. The maximum Gasteiger partial charge on any atom is 0.258 e. The molecule has 1 amide bonds. The molecule has 1 N–H and O–H groups in total. The number of rotatable bonds is 4. The van der Waals surface area contributed by atoms with E-state index in [4.69, 9.17) is 23.2 Å². The summed E-state index contributed by atoms with van der Waals surface area (Å²) in [5.41, 5.74) is 1.60.